The van der Waals surface area contributed by atoms with Crippen LogP contribution in [0.5, 0.6) is 5.88 Å². The van der Waals surface area contributed by atoms with Crippen LogP contribution in [0.4, 0.5) is 5.82 Å². The maximum absolute atomic E-state index is 5.62. The van der Waals surface area contributed by atoms with Crippen LogP contribution in [0.1, 0.15) is 18.9 Å². The molecule has 1 aromatic heterocycles. The minimum atomic E-state index is 0.519. The summed E-state index contributed by atoms with van der Waals surface area (Å²) in [6.07, 6.45) is 2.57. The SMILES string of the molecule is CCCNc1cc(OCc2ccccc2)ncn1. The molecule has 0 saturated carbocycles. The Morgan fingerprint density at radius 1 is 1.17 bits per heavy atom. The normalized spacial score (nSPS) is 10.1. The summed E-state index contributed by atoms with van der Waals surface area (Å²) in [4.78, 5) is 8.22. The Balaban J connectivity index is 1.93. The highest BCUT2D eigenvalue weighted by atomic mass is 16.5. The van der Waals surface area contributed by atoms with E-state index in [4.69, 9.17) is 4.74 Å². The van der Waals surface area contributed by atoms with Crippen LogP contribution in [0, 0.1) is 0 Å². The summed E-state index contributed by atoms with van der Waals surface area (Å²) in [7, 11) is 0. The van der Waals surface area contributed by atoms with Crippen LogP contribution in [0.15, 0.2) is 42.7 Å². The molecule has 0 amide bonds. The number of nitrogens with one attached hydrogen (secondary N) is 1. The second kappa shape index (κ2) is 6.59. The molecule has 0 radical (unpaired) electrons. The van der Waals surface area contributed by atoms with Gasteiger partial charge in [0, 0.05) is 12.6 Å². The number of anilines is 1. The van der Waals surface area contributed by atoms with E-state index in [0.29, 0.717) is 12.5 Å². The van der Waals surface area contributed by atoms with Crippen molar-refractivity contribution in [2.75, 3.05) is 11.9 Å². The van der Waals surface area contributed by atoms with E-state index in [-0.39, 0.29) is 0 Å². The van der Waals surface area contributed by atoms with Gasteiger partial charge in [0.2, 0.25) is 5.88 Å². The summed E-state index contributed by atoms with van der Waals surface area (Å²) in [6, 6.07) is 11.8. The molecule has 0 atom stereocenters. The van der Waals surface area contributed by atoms with E-state index >= 15 is 0 Å². The predicted octanol–water partition coefficient (Wildman–Crippen LogP) is 2.88. The van der Waals surface area contributed by atoms with Gasteiger partial charge in [0.25, 0.3) is 0 Å². The van der Waals surface area contributed by atoms with E-state index in [1.165, 1.54) is 6.33 Å². The molecule has 0 unspecified atom stereocenters. The van der Waals surface area contributed by atoms with Gasteiger partial charge in [0.05, 0.1) is 0 Å². The van der Waals surface area contributed by atoms with E-state index in [2.05, 4.69) is 22.2 Å². The van der Waals surface area contributed by atoms with Crippen molar-refractivity contribution in [2.24, 2.45) is 0 Å². The van der Waals surface area contributed by atoms with Crippen LogP contribution >= 0.6 is 0 Å². The third kappa shape index (κ3) is 3.73. The molecule has 4 heteroatoms. The molecule has 0 fully saturated rings. The number of hydrogen-bond donors (Lipinski definition) is 1. The molecule has 0 aliphatic heterocycles. The van der Waals surface area contributed by atoms with Gasteiger partial charge in [0.1, 0.15) is 18.8 Å². The lowest BCUT2D eigenvalue weighted by Crippen LogP contribution is -2.03. The molecule has 2 rings (SSSR count). The number of nitrogens with zero attached hydrogens (tertiary/aromatic N) is 2. The molecule has 1 heterocycles. The number of aromatic nitrogens is 2. The van der Waals surface area contributed by atoms with Gasteiger partial charge >= 0.3 is 0 Å². The summed E-state index contributed by atoms with van der Waals surface area (Å²) in [5.41, 5.74) is 1.12. The average molecular weight is 243 g/mol. The Hall–Kier alpha value is -2.10. The van der Waals surface area contributed by atoms with Gasteiger partial charge in [-0.3, -0.25) is 0 Å². The Morgan fingerprint density at radius 2 is 2.00 bits per heavy atom. The van der Waals surface area contributed by atoms with Gasteiger partial charge in [-0.05, 0) is 12.0 Å². The molecule has 0 aliphatic rings. The maximum Gasteiger partial charge on any atom is 0.218 e. The van der Waals surface area contributed by atoms with Crippen molar-refractivity contribution in [3.63, 3.8) is 0 Å². The van der Waals surface area contributed by atoms with Gasteiger partial charge in [0.15, 0.2) is 0 Å². The molecule has 0 aliphatic carbocycles. The smallest absolute Gasteiger partial charge is 0.218 e. The first-order valence-corrected chi connectivity index (χ1v) is 6.11. The number of hydrogen-bond acceptors (Lipinski definition) is 4. The Labute approximate surface area is 107 Å². The Kier molecular flexibility index (Phi) is 4.53. The minimum Gasteiger partial charge on any atom is -0.473 e. The Bertz CT molecular complexity index is 473. The van der Waals surface area contributed by atoms with Crippen molar-refractivity contribution in [1.82, 2.24) is 9.97 Å². The standard InChI is InChI=1S/C14H17N3O/c1-2-8-15-13-9-14(17-11-16-13)18-10-12-6-4-3-5-7-12/h3-7,9,11H,2,8,10H2,1H3,(H,15,16,17). The average Bonchev–Trinajstić information content (AvgIpc) is 2.44. The summed E-state index contributed by atoms with van der Waals surface area (Å²) < 4.78 is 5.62. The van der Waals surface area contributed by atoms with E-state index in [0.717, 1.165) is 24.3 Å². The summed E-state index contributed by atoms with van der Waals surface area (Å²) >= 11 is 0. The zero-order valence-corrected chi connectivity index (χ0v) is 10.5. The van der Waals surface area contributed by atoms with Crippen molar-refractivity contribution >= 4 is 5.82 Å². The van der Waals surface area contributed by atoms with Crippen LogP contribution in [0.3, 0.4) is 0 Å². The lowest BCUT2D eigenvalue weighted by Gasteiger charge is -2.07. The van der Waals surface area contributed by atoms with Gasteiger partial charge in [-0.15, -0.1) is 0 Å². The largest absolute Gasteiger partial charge is 0.473 e. The quantitative estimate of drug-likeness (QED) is 0.847. The second-order valence-electron chi connectivity index (χ2n) is 3.94. The van der Waals surface area contributed by atoms with Gasteiger partial charge in [-0.25, -0.2) is 9.97 Å². The zero-order chi connectivity index (χ0) is 12.6. The van der Waals surface area contributed by atoms with Gasteiger partial charge in [-0.1, -0.05) is 37.3 Å². The summed E-state index contributed by atoms with van der Waals surface area (Å²) in [5, 5.41) is 3.20. The molecule has 1 aromatic carbocycles. The number of rotatable bonds is 6. The van der Waals surface area contributed by atoms with Crippen molar-refractivity contribution in [1.29, 1.82) is 0 Å². The van der Waals surface area contributed by atoms with Crippen LogP contribution in [-0.2, 0) is 6.61 Å². The first kappa shape index (κ1) is 12.4. The molecule has 18 heavy (non-hydrogen) atoms. The molecule has 94 valence electrons. The molecule has 2 aromatic rings. The second-order valence-corrected chi connectivity index (χ2v) is 3.94. The highest BCUT2D eigenvalue weighted by Crippen LogP contribution is 2.12. The molecular weight excluding hydrogens is 226 g/mol. The third-order valence-electron chi connectivity index (χ3n) is 2.43. The van der Waals surface area contributed by atoms with Crippen molar-refractivity contribution in [2.45, 2.75) is 20.0 Å². The molecule has 4 nitrogen and oxygen atoms in total. The van der Waals surface area contributed by atoms with Crippen LogP contribution in [0.2, 0.25) is 0 Å². The number of ether oxygens (including phenoxy) is 1. The molecule has 0 bridgehead atoms. The topological polar surface area (TPSA) is 47.0 Å². The van der Waals surface area contributed by atoms with E-state index < -0.39 is 0 Å². The highest BCUT2D eigenvalue weighted by molar-refractivity contribution is 5.36. The highest BCUT2D eigenvalue weighted by Gasteiger charge is 1.99. The van der Waals surface area contributed by atoms with Crippen LogP contribution in [-0.4, -0.2) is 16.5 Å². The van der Waals surface area contributed by atoms with E-state index in [9.17, 15) is 0 Å². The maximum atomic E-state index is 5.62. The van der Waals surface area contributed by atoms with Gasteiger partial charge in [-0.2, -0.15) is 0 Å². The molecule has 0 saturated heterocycles. The lowest BCUT2D eigenvalue weighted by molar-refractivity contribution is 0.293. The van der Waals surface area contributed by atoms with Crippen LogP contribution in [0.25, 0.3) is 0 Å². The summed E-state index contributed by atoms with van der Waals surface area (Å²) in [5.74, 6) is 1.39. The first-order chi connectivity index (χ1) is 8.88. The van der Waals surface area contributed by atoms with Gasteiger partial charge < -0.3 is 10.1 Å². The fourth-order valence-corrected chi connectivity index (χ4v) is 1.50. The van der Waals surface area contributed by atoms with Crippen molar-refractivity contribution < 1.29 is 4.74 Å². The number of benzene rings is 1. The lowest BCUT2D eigenvalue weighted by atomic mass is 10.2. The third-order valence-corrected chi connectivity index (χ3v) is 2.43. The van der Waals surface area contributed by atoms with Crippen molar-refractivity contribution in [3.05, 3.63) is 48.3 Å². The monoisotopic (exact) mass is 243 g/mol. The molecule has 0 spiro atoms. The fraction of sp³-hybridized carbons (Fsp3) is 0.286. The molecule has 1 N–H and O–H groups in total. The predicted molar refractivity (Wildman–Crippen MR) is 71.6 cm³/mol. The zero-order valence-electron chi connectivity index (χ0n) is 10.5. The molecular formula is C14H17N3O. The first-order valence-electron chi connectivity index (χ1n) is 6.11. The van der Waals surface area contributed by atoms with Crippen LogP contribution < -0.4 is 10.1 Å². The minimum absolute atomic E-state index is 0.519. The van der Waals surface area contributed by atoms with Crippen molar-refractivity contribution in [3.8, 4) is 5.88 Å². The summed E-state index contributed by atoms with van der Waals surface area (Å²) in [6.45, 7) is 3.53. The van der Waals surface area contributed by atoms with E-state index in [1.807, 2.05) is 36.4 Å². The van der Waals surface area contributed by atoms with E-state index in [1.54, 1.807) is 0 Å². The fourth-order valence-electron chi connectivity index (χ4n) is 1.50. The Morgan fingerprint density at radius 3 is 2.78 bits per heavy atom.